The molecular formula is C31H26FN3O3. The van der Waals surface area contributed by atoms with E-state index in [1.807, 2.05) is 66.7 Å². The van der Waals surface area contributed by atoms with E-state index in [1.54, 1.807) is 11.5 Å². The molecule has 1 aliphatic rings. The van der Waals surface area contributed by atoms with E-state index in [2.05, 4.69) is 17.6 Å². The third-order valence-electron chi connectivity index (χ3n) is 7.03. The molecule has 2 N–H and O–H groups in total. The van der Waals surface area contributed by atoms with Crippen molar-refractivity contribution in [3.05, 3.63) is 106 Å². The summed E-state index contributed by atoms with van der Waals surface area (Å²) in [5, 5.41) is 7.94. The SMILES string of the molecule is CCNC(=O)c1cn2c3c(c(NCC(C)c4ccccc4)c(F)cc3c1=O)Oc1cc3ccccc3cc1-2. The number of nitrogens with one attached hydrogen (secondary N) is 2. The average molecular weight is 508 g/mol. The molecule has 0 radical (unpaired) electrons. The zero-order valence-electron chi connectivity index (χ0n) is 21.0. The molecular weight excluding hydrogens is 481 g/mol. The molecule has 6 rings (SSSR count). The maximum Gasteiger partial charge on any atom is 0.256 e. The van der Waals surface area contributed by atoms with Gasteiger partial charge < -0.3 is 19.9 Å². The van der Waals surface area contributed by atoms with E-state index in [4.69, 9.17) is 4.74 Å². The zero-order valence-corrected chi connectivity index (χ0v) is 21.0. The second kappa shape index (κ2) is 9.34. The van der Waals surface area contributed by atoms with Crippen LogP contribution in [0.4, 0.5) is 10.1 Å². The van der Waals surface area contributed by atoms with Gasteiger partial charge in [0, 0.05) is 19.3 Å². The number of hydrogen-bond donors (Lipinski definition) is 2. The number of halogens is 1. The molecule has 0 aliphatic carbocycles. The van der Waals surface area contributed by atoms with Crippen LogP contribution in [0.15, 0.2) is 83.8 Å². The van der Waals surface area contributed by atoms with Gasteiger partial charge in [-0.05, 0) is 47.4 Å². The van der Waals surface area contributed by atoms with Crippen LogP contribution in [0.1, 0.15) is 35.7 Å². The lowest BCUT2D eigenvalue weighted by Gasteiger charge is -2.27. The van der Waals surface area contributed by atoms with Crippen LogP contribution in [-0.2, 0) is 0 Å². The van der Waals surface area contributed by atoms with Gasteiger partial charge in [-0.2, -0.15) is 0 Å². The number of aromatic nitrogens is 1. The number of fused-ring (bicyclic) bond motifs is 3. The molecule has 0 saturated heterocycles. The maximum absolute atomic E-state index is 15.7. The fourth-order valence-corrected chi connectivity index (χ4v) is 5.04. The van der Waals surface area contributed by atoms with E-state index < -0.39 is 17.2 Å². The van der Waals surface area contributed by atoms with E-state index >= 15 is 4.39 Å². The minimum absolute atomic E-state index is 0.0517. The predicted octanol–water partition coefficient (Wildman–Crippen LogP) is 6.35. The maximum atomic E-state index is 15.7. The molecule has 0 saturated carbocycles. The van der Waals surface area contributed by atoms with Crippen molar-refractivity contribution in [1.82, 2.24) is 9.88 Å². The molecule has 1 aliphatic heterocycles. The number of benzene rings is 4. The highest BCUT2D eigenvalue weighted by atomic mass is 19.1. The van der Waals surface area contributed by atoms with Gasteiger partial charge in [0.25, 0.3) is 5.91 Å². The van der Waals surface area contributed by atoms with Crippen molar-refractivity contribution in [2.45, 2.75) is 19.8 Å². The van der Waals surface area contributed by atoms with Crippen molar-refractivity contribution >= 4 is 33.3 Å². The smallest absolute Gasteiger partial charge is 0.256 e. The van der Waals surface area contributed by atoms with E-state index in [0.29, 0.717) is 30.0 Å². The van der Waals surface area contributed by atoms with Crippen LogP contribution < -0.4 is 20.8 Å². The topological polar surface area (TPSA) is 72.4 Å². The monoisotopic (exact) mass is 507 g/mol. The molecule has 2 heterocycles. The van der Waals surface area contributed by atoms with Crippen LogP contribution in [0.5, 0.6) is 11.5 Å². The number of carbonyl (C=O) groups is 1. The number of anilines is 1. The normalized spacial score (nSPS) is 12.6. The summed E-state index contributed by atoms with van der Waals surface area (Å²) in [4.78, 5) is 26.2. The number of amides is 1. The van der Waals surface area contributed by atoms with Crippen molar-refractivity contribution < 1.29 is 13.9 Å². The molecule has 1 amide bonds. The Bertz CT molecular complexity index is 1780. The summed E-state index contributed by atoms with van der Waals surface area (Å²) < 4.78 is 23.8. The molecule has 38 heavy (non-hydrogen) atoms. The van der Waals surface area contributed by atoms with Crippen molar-refractivity contribution in [2.75, 3.05) is 18.4 Å². The number of carbonyl (C=O) groups excluding carboxylic acids is 1. The van der Waals surface area contributed by atoms with Crippen molar-refractivity contribution in [3.63, 3.8) is 0 Å². The van der Waals surface area contributed by atoms with Crippen molar-refractivity contribution in [2.24, 2.45) is 0 Å². The number of pyridine rings is 1. The Kier molecular flexibility index (Phi) is 5.83. The summed E-state index contributed by atoms with van der Waals surface area (Å²) in [5.74, 6) is -0.289. The second-order valence-corrected chi connectivity index (χ2v) is 9.52. The quantitative estimate of drug-likeness (QED) is 0.275. The molecule has 0 fully saturated rings. The highest BCUT2D eigenvalue weighted by Gasteiger charge is 2.29. The van der Waals surface area contributed by atoms with Gasteiger partial charge in [0.05, 0.1) is 11.1 Å². The molecule has 190 valence electrons. The molecule has 7 heteroatoms. The summed E-state index contributed by atoms with van der Waals surface area (Å²) in [6.07, 6.45) is 1.53. The van der Waals surface area contributed by atoms with Gasteiger partial charge in [-0.15, -0.1) is 0 Å². The van der Waals surface area contributed by atoms with E-state index in [0.717, 1.165) is 16.3 Å². The minimum atomic E-state index is -0.617. The van der Waals surface area contributed by atoms with Crippen LogP contribution >= 0.6 is 0 Å². The first kappa shape index (κ1) is 23.7. The summed E-state index contributed by atoms with van der Waals surface area (Å²) >= 11 is 0. The predicted molar refractivity (Wildman–Crippen MR) is 148 cm³/mol. The van der Waals surface area contributed by atoms with Crippen LogP contribution in [0, 0.1) is 5.82 Å². The van der Waals surface area contributed by atoms with E-state index in [-0.39, 0.29) is 28.3 Å². The highest BCUT2D eigenvalue weighted by molar-refractivity contribution is 6.02. The first-order valence-electron chi connectivity index (χ1n) is 12.7. The Morgan fingerprint density at radius 2 is 1.74 bits per heavy atom. The third-order valence-corrected chi connectivity index (χ3v) is 7.03. The van der Waals surface area contributed by atoms with Gasteiger partial charge in [-0.1, -0.05) is 61.5 Å². The van der Waals surface area contributed by atoms with E-state index in [1.165, 1.54) is 12.3 Å². The van der Waals surface area contributed by atoms with Gasteiger partial charge in [0.1, 0.15) is 16.8 Å². The molecule has 4 aromatic carbocycles. The zero-order chi connectivity index (χ0) is 26.4. The molecule has 1 aromatic heterocycles. The Morgan fingerprint density at radius 3 is 2.47 bits per heavy atom. The standard InChI is InChI=1S/C31H26FN3O3/c1-3-33-31(37)23-17-35-25-13-20-11-7-8-12-21(20)14-26(25)38-30-27(24(32)15-22(28(30)35)29(23)36)34-16-18(2)19-9-5-4-6-10-19/h4-15,17-18,34H,3,16H2,1-2H3,(H,33,37). The fourth-order valence-electron chi connectivity index (χ4n) is 5.04. The van der Waals surface area contributed by atoms with Crippen LogP contribution in [0.3, 0.4) is 0 Å². The van der Waals surface area contributed by atoms with Gasteiger partial charge in [-0.25, -0.2) is 4.39 Å². The molecule has 1 atom stereocenters. The Balaban J connectivity index is 1.56. The third kappa shape index (κ3) is 3.87. The second-order valence-electron chi connectivity index (χ2n) is 9.52. The summed E-state index contributed by atoms with van der Waals surface area (Å²) in [6, 6.07) is 22.9. The Labute approximate surface area is 218 Å². The number of ether oxygens (including phenoxy) is 1. The van der Waals surface area contributed by atoms with Crippen molar-refractivity contribution in [1.29, 1.82) is 0 Å². The number of nitrogens with zero attached hydrogens (tertiary/aromatic N) is 1. The van der Waals surface area contributed by atoms with Crippen LogP contribution in [-0.4, -0.2) is 23.6 Å². The molecule has 1 unspecified atom stereocenters. The summed E-state index contributed by atoms with van der Waals surface area (Å²) in [7, 11) is 0. The summed E-state index contributed by atoms with van der Waals surface area (Å²) in [6.45, 7) is 4.66. The van der Waals surface area contributed by atoms with E-state index in [9.17, 15) is 9.59 Å². The highest BCUT2D eigenvalue weighted by Crippen LogP contribution is 2.46. The lowest BCUT2D eigenvalue weighted by atomic mass is 10.0. The van der Waals surface area contributed by atoms with Gasteiger partial charge in [-0.3, -0.25) is 9.59 Å². The number of hydrogen-bond acceptors (Lipinski definition) is 4. The van der Waals surface area contributed by atoms with Crippen LogP contribution in [0.2, 0.25) is 0 Å². The van der Waals surface area contributed by atoms with Gasteiger partial charge >= 0.3 is 0 Å². The molecule has 5 aromatic rings. The lowest BCUT2D eigenvalue weighted by Crippen LogP contribution is -2.30. The molecule has 0 bridgehead atoms. The Morgan fingerprint density at radius 1 is 1.03 bits per heavy atom. The Hall–Kier alpha value is -4.65. The minimum Gasteiger partial charge on any atom is -0.451 e. The number of rotatable bonds is 6. The van der Waals surface area contributed by atoms with Crippen molar-refractivity contribution in [3.8, 4) is 17.2 Å². The fraction of sp³-hybridized carbons (Fsp3) is 0.161. The molecule has 0 spiro atoms. The van der Waals surface area contributed by atoms with Crippen LogP contribution in [0.25, 0.3) is 27.4 Å². The first-order valence-corrected chi connectivity index (χ1v) is 12.7. The van der Waals surface area contributed by atoms with Gasteiger partial charge in [0.15, 0.2) is 17.3 Å². The lowest BCUT2D eigenvalue weighted by molar-refractivity contribution is 0.0954. The largest absolute Gasteiger partial charge is 0.451 e. The van der Waals surface area contributed by atoms with Gasteiger partial charge in [0.2, 0.25) is 5.43 Å². The molecule has 6 nitrogen and oxygen atoms in total. The average Bonchev–Trinajstić information content (AvgIpc) is 2.93. The summed E-state index contributed by atoms with van der Waals surface area (Å²) in [5.41, 5.74) is 1.79. The first-order chi connectivity index (χ1) is 18.5.